The Balaban J connectivity index is 1.80. The van der Waals surface area contributed by atoms with E-state index in [1.807, 2.05) is 12.1 Å². The Kier molecular flexibility index (Phi) is 4.59. The third-order valence-electron chi connectivity index (χ3n) is 4.15. The topological polar surface area (TPSA) is 93.4 Å². The number of nitrogens with zero attached hydrogens (tertiary/aromatic N) is 3. The summed E-state index contributed by atoms with van der Waals surface area (Å²) in [6.45, 7) is 0.488. The van der Waals surface area contributed by atoms with Crippen LogP contribution in [0.2, 0.25) is 0 Å². The highest BCUT2D eigenvalue weighted by Gasteiger charge is 2.35. The second kappa shape index (κ2) is 6.66. The van der Waals surface area contributed by atoms with Crippen LogP contribution in [0.1, 0.15) is 30.0 Å². The van der Waals surface area contributed by atoms with E-state index >= 15 is 0 Å². The molecule has 1 atom stereocenters. The van der Waals surface area contributed by atoms with E-state index in [9.17, 15) is 18.5 Å². The van der Waals surface area contributed by atoms with Gasteiger partial charge < -0.3 is 0 Å². The lowest BCUT2D eigenvalue weighted by molar-refractivity contribution is -0.384. The van der Waals surface area contributed by atoms with E-state index in [1.165, 1.54) is 28.6 Å². The van der Waals surface area contributed by atoms with Crippen LogP contribution in [0.25, 0.3) is 0 Å². The molecule has 126 valence electrons. The van der Waals surface area contributed by atoms with Gasteiger partial charge in [-0.15, -0.1) is 0 Å². The highest BCUT2D eigenvalue weighted by molar-refractivity contribution is 7.88. The zero-order valence-corrected chi connectivity index (χ0v) is 13.7. The van der Waals surface area contributed by atoms with Gasteiger partial charge in [-0.05, 0) is 36.1 Å². The summed E-state index contributed by atoms with van der Waals surface area (Å²) >= 11 is 0. The Labute approximate surface area is 140 Å². The molecule has 0 N–H and O–H groups in total. The van der Waals surface area contributed by atoms with Crippen molar-refractivity contribution in [3.63, 3.8) is 0 Å². The SMILES string of the molecule is O=[N+]([O-])c1ccc(CS(=O)(=O)N2CCC[C@H]2c2ccncc2)cc1. The van der Waals surface area contributed by atoms with Gasteiger partial charge in [-0.2, -0.15) is 4.31 Å². The van der Waals surface area contributed by atoms with Crippen molar-refractivity contribution in [3.05, 3.63) is 70.0 Å². The molecule has 0 bridgehead atoms. The number of hydrogen-bond donors (Lipinski definition) is 0. The zero-order chi connectivity index (χ0) is 17.2. The first-order valence-corrected chi connectivity index (χ1v) is 9.21. The van der Waals surface area contributed by atoms with Crippen LogP contribution in [0, 0.1) is 10.1 Å². The van der Waals surface area contributed by atoms with E-state index in [0.29, 0.717) is 12.1 Å². The van der Waals surface area contributed by atoms with E-state index in [2.05, 4.69) is 4.98 Å². The molecule has 7 nitrogen and oxygen atoms in total. The first kappa shape index (κ1) is 16.5. The van der Waals surface area contributed by atoms with E-state index in [4.69, 9.17) is 0 Å². The first-order chi connectivity index (χ1) is 11.5. The fraction of sp³-hybridized carbons (Fsp3) is 0.312. The first-order valence-electron chi connectivity index (χ1n) is 7.60. The second-order valence-corrected chi connectivity index (χ2v) is 7.65. The van der Waals surface area contributed by atoms with Gasteiger partial charge in [-0.3, -0.25) is 15.1 Å². The van der Waals surface area contributed by atoms with E-state index < -0.39 is 14.9 Å². The van der Waals surface area contributed by atoms with Crippen molar-refractivity contribution in [2.45, 2.75) is 24.6 Å². The Morgan fingerprint density at radius 2 is 1.83 bits per heavy atom. The van der Waals surface area contributed by atoms with Gasteiger partial charge in [0, 0.05) is 37.1 Å². The predicted octanol–water partition coefficient (Wildman–Crippen LogP) is 2.66. The summed E-state index contributed by atoms with van der Waals surface area (Å²) < 4.78 is 27.1. The molecular formula is C16H17N3O4S. The number of nitro benzene ring substituents is 1. The third-order valence-corrected chi connectivity index (χ3v) is 6.00. The van der Waals surface area contributed by atoms with Crippen molar-refractivity contribution in [2.75, 3.05) is 6.54 Å². The third kappa shape index (κ3) is 3.44. The number of benzene rings is 1. The molecule has 1 aliphatic heterocycles. The van der Waals surface area contributed by atoms with Gasteiger partial charge in [0.1, 0.15) is 0 Å². The largest absolute Gasteiger partial charge is 0.269 e. The van der Waals surface area contributed by atoms with Crippen molar-refractivity contribution in [3.8, 4) is 0 Å². The zero-order valence-electron chi connectivity index (χ0n) is 12.9. The molecule has 0 radical (unpaired) electrons. The van der Waals surface area contributed by atoms with Crippen LogP contribution in [0.15, 0.2) is 48.8 Å². The molecule has 1 fully saturated rings. The molecule has 0 unspecified atom stereocenters. The van der Waals surface area contributed by atoms with Crippen LogP contribution in [0.5, 0.6) is 0 Å². The van der Waals surface area contributed by atoms with Gasteiger partial charge >= 0.3 is 0 Å². The van der Waals surface area contributed by atoms with Gasteiger partial charge in [-0.1, -0.05) is 12.1 Å². The van der Waals surface area contributed by atoms with Gasteiger partial charge in [0.05, 0.1) is 10.7 Å². The Morgan fingerprint density at radius 3 is 2.46 bits per heavy atom. The van der Waals surface area contributed by atoms with Crippen molar-refractivity contribution in [2.24, 2.45) is 0 Å². The molecule has 1 aliphatic rings. The molecule has 1 saturated heterocycles. The molecule has 1 aromatic heterocycles. The number of rotatable bonds is 5. The number of pyridine rings is 1. The van der Waals surface area contributed by atoms with E-state index in [1.54, 1.807) is 12.4 Å². The van der Waals surface area contributed by atoms with Crippen LogP contribution in [0.4, 0.5) is 5.69 Å². The molecular weight excluding hydrogens is 330 g/mol. The monoisotopic (exact) mass is 347 g/mol. The van der Waals surface area contributed by atoms with E-state index in [-0.39, 0.29) is 17.5 Å². The van der Waals surface area contributed by atoms with Crippen LogP contribution in [-0.2, 0) is 15.8 Å². The number of non-ortho nitro benzene ring substituents is 1. The Bertz CT molecular complexity index is 822. The quantitative estimate of drug-likeness (QED) is 0.612. The van der Waals surface area contributed by atoms with Gasteiger partial charge in [0.15, 0.2) is 0 Å². The number of nitro groups is 1. The fourth-order valence-corrected chi connectivity index (χ4v) is 4.80. The van der Waals surface area contributed by atoms with Gasteiger partial charge in [-0.25, -0.2) is 8.42 Å². The van der Waals surface area contributed by atoms with Crippen LogP contribution < -0.4 is 0 Å². The highest BCUT2D eigenvalue weighted by Crippen LogP contribution is 2.35. The minimum Gasteiger partial charge on any atom is -0.265 e. The Morgan fingerprint density at radius 1 is 1.17 bits per heavy atom. The lowest BCUT2D eigenvalue weighted by Gasteiger charge is -2.24. The van der Waals surface area contributed by atoms with Gasteiger partial charge in [0.2, 0.25) is 10.0 Å². The average molecular weight is 347 g/mol. The molecule has 1 aromatic carbocycles. The molecule has 2 aromatic rings. The van der Waals surface area contributed by atoms with Crippen molar-refractivity contribution in [1.82, 2.24) is 9.29 Å². The van der Waals surface area contributed by atoms with Crippen LogP contribution >= 0.6 is 0 Å². The maximum Gasteiger partial charge on any atom is 0.269 e. The molecule has 8 heteroatoms. The molecule has 24 heavy (non-hydrogen) atoms. The molecule has 0 spiro atoms. The molecule has 0 saturated carbocycles. The minimum absolute atomic E-state index is 0.0491. The number of aromatic nitrogens is 1. The lowest BCUT2D eigenvalue weighted by atomic mass is 10.1. The highest BCUT2D eigenvalue weighted by atomic mass is 32.2. The molecule has 3 rings (SSSR count). The minimum atomic E-state index is -3.50. The second-order valence-electron chi connectivity index (χ2n) is 5.73. The molecule has 0 amide bonds. The summed E-state index contributed by atoms with van der Waals surface area (Å²) in [6.07, 6.45) is 4.92. The summed E-state index contributed by atoms with van der Waals surface area (Å²) in [6, 6.07) is 9.15. The van der Waals surface area contributed by atoms with Crippen molar-refractivity contribution in [1.29, 1.82) is 0 Å². The summed E-state index contributed by atoms with van der Waals surface area (Å²) in [5, 5.41) is 10.7. The van der Waals surface area contributed by atoms with Crippen LogP contribution in [0.3, 0.4) is 0 Å². The lowest BCUT2D eigenvalue weighted by Crippen LogP contribution is -2.31. The predicted molar refractivity (Wildman–Crippen MR) is 88.6 cm³/mol. The summed E-state index contributed by atoms with van der Waals surface area (Å²) in [5.41, 5.74) is 1.43. The summed E-state index contributed by atoms with van der Waals surface area (Å²) in [5.74, 6) is -0.160. The number of hydrogen-bond acceptors (Lipinski definition) is 5. The molecule has 0 aliphatic carbocycles. The fourth-order valence-electron chi connectivity index (χ4n) is 3.00. The standard InChI is InChI=1S/C16H17N3O4S/c20-19(21)15-5-3-13(4-6-15)12-24(22,23)18-11-1-2-16(18)14-7-9-17-10-8-14/h3-10,16H,1-2,11-12H2/t16-/m0/s1. The normalized spacial score (nSPS) is 18.6. The Hall–Kier alpha value is -2.32. The van der Waals surface area contributed by atoms with Crippen molar-refractivity contribution < 1.29 is 13.3 Å². The van der Waals surface area contributed by atoms with Gasteiger partial charge in [0.25, 0.3) is 5.69 Å². The maximum absolute atomic E-state index is 12.8. The molecule has 2 heterocycles. The summed E-state index contributed by atoms with van der Waals surface area (Å²) in [4.78, 5) is 14.1. The van der Waals surface area contributed by atoms with E-state index in [0.717, 1.165) is 18.4 Å². The summed E-state index contributed by atoms with van der Waals surface area (Å²) in [7, 11) is -3.50. The maximum atomic E-state index is 12.8. The van der Waals surface area contributed by atoms with Crippen LogP contribution in [-0.4, -0.2) is 29.2 Å². The number of sulfonamides is 1. The smallest absolute Gasteiger partial charge is 0.265 e. The van der Waals surface area contributed by atoms with Crippen molar-refractivity contribution >= 4 is 15.7 Å². The average Bonchev–Trinajstić information content (AvgIpc) is 3.06.